The summed E-state index contributed by atoms with van der Waals surface area (Å²) in [5.74, 6) is -1.13. The second kappa shape index (κ2) is 9.25. The van der Waals surface area contributed by atoms with E-state index in [0.717, 1.165) is 16.9 Å². The van der Waals surface area contributed by atoms with Gasteiger partial charge in [-0.2, -0.15) is 0 Å². The third kappa shape index (κ3) is 4.25. The molecule has 0 spiro atoms. The Kier molecular flexibility index (Phi) is 6.01. The molecule has 1 saturated heterocycles. The molecule has 1 aliphatic heterocycles. The summed E-state index contributed by atoms with van der Waals surface area (Å²) < 4.78 is 31.0. The topological polar surface area (TPSA) is 40.9 Å². The van der Waals surface area contributed by atoms with Crippen LogP contribution in [0, 0.1) is 18.6 Å². The molecular weight excluding hydrogens is 434 g/mol. The van der Waals surface area contributed by atoms with Gasteiger partial charge in [-0.15, -0.1) is 0 Å². The maximum Gasteiger partial charge on any atom is 0.223 e. The first-order valence-electron chi connectivity index (χ1n) is 11.5. The molecule has 34 heavy (non-hydrogen) atoms. The molecule has 1 aliphatic rings. The molecule has 1 atom stereocenters. The fourth-order valence-electron chi connectivity index (χ4n) is 4.70. The summed E-state index contributed by atoms with van der Waals surface area (Å²) in [6.07, 6.45) is 3.77. The van der Waals surface area contributed by atoms with Gasteiger partial charge in [-0.05, 0) is 48.4 Å². The van der Waals surface area contributed by atoms with Crippen molar-refractivity contribution in [2.75, 3.05) is 31.1 Å². The number of benzene rings is 2. The summed E-state index contributed by atoms with van der Waals surface area (Å²) in [7, 11) is 0. The van der Waals surface area contributed by atoms with Crippen LogP contribution in [0.25, 0.3) is 5.65 Å². The van der Waals surface area contributed by atoms with Crippen molar-refractivity contribution in [1.82, 2.24) is 14.3 Å². The zero-order chi connectivity index (χ0) is 23.7. The van der Waals surface area contributed by atoms with Crippen LogP contribution in [0.4, 0.5) is 14.5 Å². The summed E-state index contributed by atoms with van der Waals surface area (Å²) in [5.41, 5.74) is 3.65. The van der Waals surface area contributed by atoms with Gasteiger partial charge >= 0.3 is 0 Å². The van der Waals surface area contributed by atoms with E-state index in [2.05, 4.69) is 4.98 Å². The number of amides is 1. The average molecular weight is 461 g/mol. The standard InChI is InChI=1S/C27H26F2N4O/c1-19-10-11-33-25(18-30-26(33)16-19)21(20-6-2-3-7-22(20)28)17-27(34)32-14-12-31(13-15-32)24-9-5-4-8-23(24)29/h2-11,16,18,21H,12-15,17H2,1H3. The van der Waals surface area contributed by atoms with Crippen LogP contribution in [0.2, 0.25) is 0 Å². The summed E-state index contributed by atoms with van der Waals surface area (Å²) in [6.45, 7) is 4.07. The Bertz CT molecular complexity index is 1330. The van der Waals surface area contributed by atoms with E-state index in [4.69, 9.17) is 0 Å². The number of halogens is 2. The molecule has 1 fully saturated rings. The first kappa shape index (κ1) is 22.1. The normalized spacial score (nSPS) is 15.0. The molecule has 1 unspecified atom stereocenters. The molecule has 3 heterocycles. The predicted molar refractivity (Wildman–Crippen MR) is 128 cm³/mol. The number of hydrogen-bond donors (Lipinski definition) is 0. The van der Waals surface area contributed by atoms with Crippen molar-refractivity contribution in [3.05, 3.63) is 102 Å². The van der Waals surface area contributed by atoms with Crippen LogP contribution in [0.5, 0.6) is 0 Å². The Morgan fingerprint density at radius 1 is 0.971 bits per heavy atom. The third-order valence-electron chi connectivity index (χ3n) is 6.54. The summed E-state index contributed by atoms with van der Waals surface area (Å²) in [5, 5.41) is 0. The lowest BCUT2D eigenvalue weighted by Crippen LogP contribution is -2.49. The van der Waals surface area contributed by atoms with Gasteiger partial charge in [-0.3, -0.25) is 4.79 Å². The van der Waals surface area contributed by atoms with Crippen LogP contribution >= 0.6 is 0 Å². The quantitative estimate of drug-likeness (QED) is 0.430. The fourth-order valence-corrected chi connectivity index (χ4v) is 4.70. The van der Waals surface area contributed by atoms with Crippen molar-refractivity contribution in [1.29, 1.82) is 0 Å². The molecule has 0 N–H and O–H groups in total. The number of hydrogen-bond acceptors (Lipinski definition) is 3. The second-order valence-electron chi connectivity index (χ2n) is 8.71. The van der Waals surface area contributed by atoms with Gasteiger partial charge in [0.15, 0.2) is 0 Å². The molecule has 7 heteroatoms. The Morgan fingerprint density at radius 3 is 2.41 bits per heavy atom. The molecule has 174 valence electrons. The first-order chi connectivity index (χ1) is 16.5. The minimum atomic E-state index is -0.476. The fraction of sp³-hybridized carbons (Fsp3) is 0.259. The molecule has 2 aromatic heterocycles. The SMILES string of the molecule is Cc1ccn2c(C(CC(=O)N3CCN(c4ccccc4F)CC3)c3ccccc3F)cnc2c1. The lowest BCUT2D eigenvalue weighted by Gasteiger charge is -2.36. The smallest absolute Gasteiger partial charge is 0.223 e. The van der Waals surface area contributed by atoms with Crippen molar-refractivity contribution < 1.29 is 13.6 Å². The molecule has 1 amide bonds. The molecule has 5 rings (SSSR count). The Hall–Kier alpha value is -3.74. The van der Waals surface area contributed by atoms with Gasteiger partial charge in [-0.25, -0.2) is 13.8 Å². The van der Waals surface area contributed by atoms with E-state index in [1.54, 1.807) is 41.4 Å². The van der Waals surface area contributed by atoms with E-state index >= 15 is 0 Å². The zero-order valence-corrected chi connectivity index (χ0v) is 19.0. The van der Waals surface area contributed by atoms with E-state index < -0.39 is 5.92 Å². The molecule has 0 bridgehead atoms. The number of aryl methyl sites for hydroxylation is 1. The van der Waals surface area contributed by atoms with Gasteiger partial charge in [0.05, 0.1) is 11.4 Å². The molecule has 0 aliphatic carbocycles. The maximum absolute atomic E-state index is 14.9. The molecule has 0 saturated carbocycles. The molecule has 2 aromatic carbocycles. The van der Waals surface area contributed by atoms with Crippen LogP contribution in [0.1, 0.15) is 29.2 Å². The van der Waals surface area contributed by atoms with Crippen molar-refractivity contribution in [3.8, 4) is 0 Å². The van der Waals surface area contributed by atoms with Gasteiger partial charge in [0.25, 0.3) is 0 Å². The average Bonchev–Trinajstić information content (AvgIpc) is 3.26. The van der Waals surface area contributed by atoms with Crippen molar-refractivity contribution >= 4 is 17.2 Å². The van der Waals surface area contributed by atoms with E-state index in [0.29, 0.717) is 37.4 Å². The van der Waals surface area contributed by atoms with Gasteiger partial charge in [0.2, 0.25) is 5.91 Å². The number of anilines is 1. The van der Waals surface area contributed by atoms with Crippen molar-refractivity contribution in [3.63, 3.8) is 0 Å². The van der Waals surface area contributed by atoms with Crippen molar-refractivity contribution in [2.24, 2.45) is 0 Å². The number of carbonyl (C=O) groups is 1. The maximum atomic E-state index is 14.9. The number of rotatable bonds is 5. The van der Waals surface area contributed by atoms with E-state index in [1.807, 2.05) is 40.6 Å². The number of para-hydroxylation sites is 1. The van der Waals surface area contributed by atoms with Gasteiger partial charge in [0, 0.05) is 50.9 Å². The number of aromatic nitrogens is 2. The lowest BCUT2D eigenvalue weighted by atomic mass is 9.91. The van der Waals surface area contributed by atoms with E-state index in [-0.39, 0.29) is 24.0 Å². The predicted octanol–water partition coefficient (Wildman–Crippen LogP) is 4.79. The minimum Gasteiger partial charge on any atom is -0.366 e. The Labute approximate surface area is 197 Å². The highest BCUT2D eigenvalue weighted by atomic mass is 19.1. The second-order valence-corrected chi connectivity index (χ2v) is 8.71. The highest BCUT2D eigenvalue weighted by molar-refractivity contribution is 5.78. The minimum absolute atomic E-state index is 0.0523. The molecule has 0 radical (unpaired) electrons. The van der Waals surface area contributed by atoms with Gasteiger partial charge < -0.3 is 14.2 Å². The van der Waals surface area contributed by atoms with E-state index in [1.165, 1.54) is 12.1 Å². The molecule has 5 nitrogen and oxygen atoms in total. The highest BCUT2D eigenvalue weighted by Crippen LogP contribution is 2.32. The molecule has 4 aromatic rings. The van der Waals surface area contributed by atoms with Crippen LogP contribution < -0.4 is 4.90 Å². The number of pyridine rings is 1. The van der Waals surface area contributed by atoms with Crippen molar-refractivity contribution in [2.45, 2.75) is 19.3 Å². The molecular formula is C27H26F2N4O. The Balaban J connectivity index is 1.38. The van der Waals surface area contributed by atoms with Gasteiger partial charge in [-0.1, -0.05) is 30.3 Å². The van der Waals surface area contributed by atoms with Crippen LogP contribution in [-0.2, 0) is 4.79 Å². The summed E-state index contributed by atoms with van der Waals surface area (Å²) in [4.78, 5) is 21.6. The Morgan fingerprint density at radius 2 is 1.68 bits per heavy atom. The van der Waals surface area contributed by atoms with Crippen LogP contribution in [0.15, 0.2) is 73.1 Å². The summed E-state index contributed by atoms with van der Waals surface area (Å²) >= 11 is 0. The number of fused-ring (bicyclic) bond motifs is 1. The van der Waals surface area contributed by atoms with Crippen LogP contribution in [0.3, 0.4) is 0 Å². The number of imidazole rings is 1. The number of piperazine rings is 1. The summed E-state index contributed by atoms with van der Waals surface area (Å²) in [6, 6.07) is 17.2. The monoisotopic (exact) mass is 460 g/mol. The zero-order valence-electron chi connectivity index (χ0n) is 19.0. The van der Waals surface area contributed by atoms with Crippen LogP contribution in [-0.4, -0.2) is 46.4 Å². The van der Waals surface area contributed by atoms with E-state index in [9.17, 15) is 13.6 Å². The number of nitrogens with zero attached hydrogens (tertiary/aromatic N) is 4. The first-order valence-corrected chi connectivity index (χ1v) is 11.5. The van der Waals surface area contributed by atoms with Gasteiger partial charge in [0.1, 0.15) is 17.3 Å². The third-order valence-corrected chi connectivity index (χ3v) is 6.54. The number of carbonyl (C=O) groups excluding carboxylic acids is 1. The highest BCUT2D eigenvalue weighted by Gasteiger charge is 2.29. The largest absolute Gasteiger partial charge is 0.366 e. The lowest BCUT2D eigenvalue weighted by molar-refractivity contribution is -0.131.